The van der Waals surface area contributed by atoms with Crippen LogP contribution < -0.4 is 19.6 Å². The Morgan fingerprint density at radius 3 is 2.56 bits per heavy atom. The molecule has 1 aromatic heterocycles. The third-order valence-electron chi connectivity index (χ3n) is 5.48. The summed E-state index contributed by atoms with van der Waals surface area (Å²) in [5.41, 5.74) is 3.57. The number of fused-ring (bicyclic) bond motifs is 1. The number of ether oxygens (including phenoxy) is 2. The molecule has 0 aliphatic carbocycles. The summed E-state index contributed by atoms with van der Waals surface area (Å²) in [6.45, 7) is 3.90. The molecule has 7 heteroatoms. The van der Waals surface area contributed by atoms with Crippen LogP contribution in [0.5, 0.6) is 5.75 Å². The van der Waals surface area contributed by atoms with Crippen LogP contribution in [0.2, 0.25) is 0 Å². The number of carbonyl (C=O) groups is 1. The number of aromatic nitrogens is 1. The predicted octanol–water partition coefficient (Wildman–Crippen LogP) is 3.12. The van der Waals surface area contributed by atoms with Gasteiger partial charge in [-0.2, -0.15) is 0 Å². The average molecular weight is 449 g/mol. The van der Waals surface area contributed by atoms with Crippen molar-refractivity contribution in [3.63, 3.8) is 0 Å². The van der Waals surface area contributed by atoms with E-state index in [0.29, 0.717) is 27.0 Å². The molecule has 4 rings (SSSR count). The van der Waals surface area contributed by atoms with Gasteiger partial charge >= 0.3 is 5.97 Å². The minimum absolute atomic E-state index is 0.187. The van der Waals surface area contributed by atoms with Gasteiger partial charge in [0.25, 0.3) is 5.56 Å². The molecule has 0 bridgehead atoms. The lowest BCUT2D eigenvalue weighted by Gasteiger charge is -2.25. The Bertz CT molecular complexity index is 1380. The predicted molar refractivity (Wildman–Crippen MR) is 125 cm³/mol. The number of benzene rings is 2. The molecule has 6 nitrogen and oxygen atoms in total. The largest absolute Gasteiger partial charge is 0.496 e. The molecule has 0 saturated carbocycles. The molecule has 0 fully saturated rings. The number of aryl methyl sites for hydroxylation is 1. The van der Waals surface area contributed by atoms with Crippen LogP contribution in [-0.4, -0.2) is 24.8 Å². The van der Waals surface area contributed by atoms with Crippen LogP contribution >= 0.6 is 11.3 Å². The standard InChI is InChI=1S/C25H24N2O4S/c1-5-18-21(24(29)31-4)22(17-9-7-6-8-10-17)27-23(28)20(32-25(27)26-18)14-16-11-12-19(30-3)15(2)13-16/h6-14,22H,5H2,1-4H3/b20-14-/t22-/m0/s1. The summed E-state index contributed by atoms with van der Waals surface area (Å²) in [5.74, 6) is 0.322. The molecular weight excluding hydrogens is 424 g/mol. The lowest BCUT2D eigenvalue weighted by Crippen LogP contribution is -2.40. The number of esters is 1. The van der Waals surface area contributed by atoms with Gasteiger partial charge in [-0.1, -0.05) is 54.7 Å². The Kier molecular flexibility index (Phi) is 6.10. The van der Waals surface area contributed by atoms with Crippen molar-refractivity contribution in [2.75, 3.05) is 14.2 Å². The van der Waals surface area contributed by atoms with Gasteiger partial charge in [0.2, 0.25) is 0 Å². The number of allylic oxidation sites excluding steroid dienone is 1. The zero-order valence-corrected chi connectivity index (χ0v) is 19.2. The van der Waals surface area contributed by atoms with Crippen LogP contribution in [0.25, 0.3) is 6.08 Å². The Labute approximate surface area is 189 Å². The van der Waals surface area contributed by atoms with Gasteiger partial charge < -0.3 is 9.47 Å². The Morgan fingerprint density at radius 1 is 1.19 bits per heavy atom. The topological polar surface area (TPSA) is 69.9 Å². The molecule has 164 valence electrons. The molecule has 0 amide bonds. The third-order valence-corrected chi connectivity index (χ3v) is 6.47. The Morgan fingerprint density at radius 2 is 1.94 bits per heavy atom. The van der Waals surface area contributed by atoms with E-state index in [1.165, 1.54) is 18.4 Å². The van der Waals surface area contributed by atoms with E-state index in [1.807, 2.05) is 68.5 Å². The first kappa shape index (κ1) is 21.8. The fourth-order valence-electron chi connectivity index (χ4n) is 3.96. The minimum Gasteiger partial charge on any atom is -0.496 e. The van der Waals surface area contributed by atoms with Crippen molar-refractivity contribution in [1.29, 1.82) is 0 Å². The van der Waals surface area contributed by atoms with E-state index >= 15 is 0 Å². The number of hydrogen-bond donors (Lipinski definition) is 0. The molecule has 32 heavy (non-hydrogen) atoms. The zero-order valence-electron chi connectivity index (χ0n) is 18.4. The molecule has 1 aliphatic heterocycles. The molecule has 2 heterocycles. The van der Waals surface area contributed by atoms with Gasteiger partial charge in [-0.25, -0.2) is 9.79 Å². The maximum Gasteiger partial charge on any atom is 0.338 e. The summed E-state index contributed by atoms with van der Waals surface area (Å²) < 4.78 is 12.6. The van der Waals surface area contributed by atoms with Crippen molar-refractivity contribution in [1.82, 2.24) is 4.57 Å². The van der Waals surface area contributed by atoms with Crippen molar-refractivity contribution in [2.45, 2.75) is 26.3 Å². The monoisotopic (exact) mass is 448 g/mol. The Balaban J connectivity index is 1.96. The lowest BCUT2D eigenvalue weighted by atomic mass is 9.95. The first-order chi connectivity index (χ1) is 15.5. The van der Waals surface area contributed by atoms with E-state index in [2.05, 4.69) is 4.99 Å². The van der Waals surface area contributed by atoms with E-state index in [0.717, 1.165) is 22.4 Å². The van der Waals surface area contributed by atoms with Gasteiger partial charge in [-0.3, -0.25) is 9.36 Å². The van der Waals surface area contributed by atoms with Crippen LogP contribution in [0.15, 0.2) is 69.6 Å². The van der Waals surface area contributed by atoms with Crippen molar-refractivity contribution >= 4 is 23.4 Å². The number of thiazole rings is 1. The molecule has 0 spiro atoms. The summed E-state index contributed by atoms with van der Waals surface area (Å²) in [4.78, 5) is 31.6. The smallest absolute Gasteiger partial charge is 0.338 e. The highest BCUT2D eigenvalue weighted by atomic mass is 32.1. The highest BCUT2D eigenvalue weighted by Crippen LogP contribution is 2.31. The normalized spacial score (nSPS) is 15.9. The van der Waals surface area contributed by atoms with Crippen LogP contribution in [0.4, 0.5) is 0 Å². The summed E-state index contributed by atoms with van der Waals surface area (Å²) >= 11 is 1.32. The third kappa shape index (κ3) is 3.80. The number of rotatable bonds is 5. The summed E-state index contributed by atoms with van der Waals surface area (Å²) in [6, 6.07) is 14.7. The maximum absolute atomic E-state index is 13.5. The maximum atomic E-state index is 13.5. The van der Waals surface area contributed by atoms with Crippen molar-refractivity contribution in [3.8, 4) is 5.75 Å². The molecular formula is C25H24N2O4S. The van der Waals surface area contributed by atoms with Gasteiger partial charge in [0.15, 0.2) is 4.80 Å². The first-order valence-electron chi connectivity index (χ1n) is 10.3. The summed E-state index contributed by atoms with van der Waals surface area (Å²) in [6.07, 6.45) is 2.41. The molecule has 0 N–H and O–H groups in total. The van der Waals surface area contributed by atoms with Gasteiger partial charge in [-0.15, -0.1) is 0 Å². The number of hydrogen-bond acceptors (Lipinski definition) is 6. The van der Waals surface area contributed by atoms with E-state index < -0.39 is 12.0 Å². The van der Waals surface area contributed by atoms with E-state index in [4.69, 9.17) is 9.47 Å². The van der Waals surface area contributed by atoms with E-state index in [9.17, 15) is 9.59 Å². The zero-order chi connectivity index (χ0) is 22.8. The second-order valence-electron chi connectivity index (χ2n) is 7.43. The van der Waals surface area contributed by atoms with Gasteiger partial charge in [0.05, 0.1) is 36.1 Å². The molecule has 2 aromatic carbocycles. The average Bonchev–Trinajstić information content (AvgIpc) is 3.12. The van der Waals surface area contributed by atoms with Crippen molar-refractivity contribution in [2.24, 2.45) is 4.99 Å². The highest BCUT2D eigenvalue weighted by Gasteiger charge is 2.33. The SMILES string of the molecule is CCC1=C(C(=O)OC)[C@H](c2ccccc2)n2c(s/c(=C\c3ccc(OC)c(C)c3)c2=O)=N1. The van der Waals surface area contributed by atoms with Gasteiger partial charge in [0.1, 0.15) is 5.75 Å². The Hall–Kier alpha value is -3.45. The molecule has 1 aliphatic rings. The number of nitrogens with zero attached hydrogens (tertiary/aromatic N) is 2. The summed E-state index contributed by atoms with van der Waals surface area (Å²) in [5, 5.41) is 0. The molecule has 0 saturated heterocycles. The van der Waals surface area contributed by atoms with Crippen LogP contribution in [0.1, 0.15) is 36.1 Å². The fourth-order valence-corrected chi connectivity index (χ4v) is 4.98. The quantitative estimate of drug-likeness (QED) is 0.563. The summed E-state index contributed by atoms with van der Waals surface area (Å²) in [7, 11) is 2.98. The molecule has 0 unspecified atom stereocenters. The molecule has 0 radical (unpaired) electrons. The van der Waals surface area contributed by atoms with Crippen LogP contribution in [-0.2, 0) is 9.53 Å². The van der Waals surface area contributed by atoms with Crippen molar-refractivity contribution < 1.29 is 14.3 Å². The number of methoxy groups -OCH3 is 2. The highest BCUT2D eigenvalue weighted by molar-refractivity contribution is 7.07. The van der Waals surface area contributed by atoms with Crippen LogP contribution in [0.3, 0.4) is 0 Å². The first-order valence-corrected chi connectivity index (χ1v) is 11.1. The second-order valence-corrected chi connectivity index (χ2v) is 8.44. The van der Waals surface area contributed by atoms with E-state index in [-0.39, 0.29) is 5.56 Å². The molecule has 1 atom stereocenters. The van der Waals surface area contributed by atoms with Crippen LogP contribution in [0, 0.1) is 6.92 Å². The number of carbonyl (C=O) groups excluding carboxylic acids is 1. The second kappa shape index (κ2) is 8.96. The van der Waals surface area contributed by atoms with Gasteiger partial charge in [-0.05, 0) is 48.2 Å². The van der Waals surface area contributed by atoms with Gasteiger partial charge in [0, 0.05) is 0 Å². The fraction of sp³-hybridized carbons (Fsp3) is 0.240. The minimum atomic E-state index is -0.588. The van der Waals surface area contributed by atoms with Crippen molar-refractivity contribution in [3.05, 3.63) is 96.2 Å². The molecule has 3 aromatic rings. The lowest BCUT2D eigenvalue weighted by molar-refractivity contribution is -0.136. The van der Waals surface area contributed by atoms with E-state index in [1.54, 1.807) is 11.7 Å².